The molecule has 1 heterocycles. The number of hydrogen-bond donors (Lipinski definition) is 1. The largest absolute Gasteiger partial charge is 0.441 e. The smallest absolute Gasteiger partial charge is 0.416 e. The minimum Gasteiger partial charge on any atom is -0.441 e. The first-order chi connectivity index (χ1) is 8.41. The third-order valence-electron chi connectivity index (χ3n) is 2.58. The number of carbonyl (C=O) groups is 1. The lowest BCUT2D eigenvalue weighted by Crippen LogP contribution is -2.25. The highest BCUT2D eigenvalue weighted by Crippen LogP contribution is 2.31. The predicted molar refractivity (Wildman–Crippen MR) is 56.1 cm³/mol. The summed E-state index contributed by atoms with van der Waals surface area (Å²) in [6, 6.07) is 4.19. The Morgan fingerprint density at radius 2 is 1.94 bits per heavy atom. The van der Waals surface area contributed by atoms with E-state index in [4.69, 9.17) is 9.84 Å². The molecule has 1 aromatic carbocycles. The number of carbonyl (C=O) groups excluding carboxylic acids is 1. The molecule has 1 atom stereocenters. The zero-order chi connectivity index (χ0) is 13.3. The van der Waals surface area contributed by atoms with E-state index in [1.807, 2.05) is 0 Å². The van der Waals surface area contributed by atoms with Crippen molar-refractivity contribution in [1.82, 2.24) is 0 Å². The number of amides is 1. The average Bonchev–Trinajstić information content (AvgIpc) is 2.70. The lowest BCUT2D eigenvalue weighted by molar-refractivity contribution is -0.137. The summed E-state index contributed by atoms with van der Waals surface area (Å²) in [5.41, 5.74) is -0.471. The molecule has 0 aromatic heterocycles. The maximum absolute atomic E-state index is 12.4. The third kappa shape index (κ3) is 2.40. The second kappa shape index (κ2) is 4.49. The van der Waals surface area contributed by atoms with Crippen molar-refractivity contribution in [3.8, 4) is 0 Å². The van der Waals surface area contributed by atoms with Gasteiger partial charge in [-0.3, -0.25) is 4.90 Å². The van der Waals surface area contributed by atoms with Crippen molar-refractivity contribution in [1.29, 1.82) is 0 Å². The number of anilines is 1. The van der Waals surface area contributed by atoms with Gasteiger partial charge in [-0.2, -0.15) is 13.2 Å². The molecule has 4 nitrogen and oxygen atoms in total. The number of hydrogen-bond acceptors (Lipinski definition) is 3. The second-order valence-corrected chi connectivity index (χ2v) is 3.84. The number of aliphatic hydroxyl groups is 1. The fourth-order valence-corrected chi connectivity index (χ4v) is 1.66. The van der Waals surface area contributed by atoms with Gasteiger partial charge in [0, 0.05) is 5.69 Å². The van der Waals surface area contributed by atoms with Crippen molar-refractivity contribution in [3.05, 3.63) is 29.8 Å². The summed E-state index contributed by atoms with van der Waals surface area (Å²) in [5, 5.41) is 8.85. The van der Waals surface area contributed by atoms with Crippen LogP contribution < -0.4 is 4.90 Å². The van der Waals surface area contributed by atoms with Crippen molar-refractivity contribution in [2.45, 2.75) is 12.3 Å². The molecule has 1 saturated heterocycles. The number of cyclic esters (lactones) is 1. The van der Waals surface area contributed by atoms with Gasteiger partial charge in [-0.15, -0.1) is 0 Å². The van der Waals surface area contributed by atoms with Crippen molar-refractivity contribution < 1.29 is 27.8 Å². The minimum absolute atomic E-state index is 0.126. The van der Waals surface area contributed by atoms with E-state index in [1.165, 1.54) is 17.0 Å². The molecule has 0 aliphatic carbocycles. The molecule has 0 saturated carbocycles. The van der Waals surface area contributed by atoms with Gasteiger partial charge in [0.05, 0.1) is 18.7 Å². The Morgan fingerprint density at radius 3 is 2.39 bits per heavy atom. The summed E-state index contributed by atoms with van der Waals surface area (Å²) >= 11 is 0. The van der Waals surface area contributed by atoms with E-state index < -0.39 is 23.9 Å². The Hall–Kier alpha value is -1.76. The predicted octanol–water partition coefficient (Wildman–Crippen LogP) is 2.02. The Balaban J connectivity index is 2.18. The van der Waals surface area contributed by atoms with Crippen LogP contribution in [0.15, 0.2) is 24.3 Å². The fraction of sp³-hybridized carbons (Fsp3) is 0.364. The lowest BCUT2D eigenvalue weighted by Gasteiger charge is -2.14. The number of aliphatic hydroxyl groups excluding tert-OH is 1. The van der Waals surface area contributed by atoms with Crippen LogP contribution in [0.25, 0.3) is 0 Å². The Kier molecular flexibility index (Phi) is 3.16. The van der Waals surface area contributed by atoms with E-state index in [-0.39, 0.29) is 13.2 Å². The molecule has 1 aliphatic rings. The van der Waals surface area contributed by atoms with Gasteiger partial charge in [0.15, 0.2) is 0 Å². The van der Waals surface area contributed by atoms with Gasteiger partial charge < -0.3 is 9.84 Å². The molecule has 1 fully saturated rings. The maximum atomic E-state index is 12.4. The van der Waals surface area contributed by atoms with E-state index in [0.29, 0.717) is 5.69 Å². The topological polar surface area (TPSA) is 49.8 Å². The molecule has 1 aromatic rings. The lowest BCUT2D eigenvalue weighted by atomic mass is 10.2. The quantitative estimate of drug-likeness (QED) is 0.886. The molecule has 1 N–H and O–H groups in total. The average molecular weight is 261 g/mol. The Bertz CT molecular complexity index is 444. The van der Waals surface area contributed by atoms with Crippen molar-refractivity contribution in [2.75, 3.05) is 18.1 Å². The van der Waals surface area contributed by atoms with Gasteiger partial charge >= 0.3 is 12.3 Å². The molecule has 98 valence electrons. The molecular formula is C11H10F3NO3. The molecule has 7 heteroatoms. The molecule has 1 amide bonds. The maximum Gasteiger partial charge on any atom is 0.416 e. The number of rotatable bonds is 2. The van der Waals surface area contributed by atoms with E-state index in [2.05, 4.69) is 0 Å². The van der Waals surface area contributed by atoms with Crippen LogP contribution in [0, 0.1) is 0 Å². The number of ether oxygens (including phenoxy) is 1. The summed E-state index contributed by atoms with van der Waals surface area (Å²) in [7, 11) is 0. The normalized spacial score (nSPS) is 20.1. The highest BCUT2D eigenvalue weighted by molar-refractivity contribution is 5.89. The molecule has 0 radical (unpaired) electrons. The number of alkyl halides is 3. The molecule has 1 aliphatic heterocycles. The second-order valence-electron chi connectivity index (χ2n) is 3.84. The molecule has 0 unspecified atom stereocenters. The zero-order valence-electron chi connectivity index (χ0n) is 9.15. The third-order valence-corrected chi connectivity index (χ3v) is 2.58. The van der Waals surface area contributed by atoms with Crippen LogP contribution >= 0.6 is 0 Å². The van der Waals surface area contributed by atoms with Crippen molar-refractivity contribution in [2.24, 2.45) is 0 Å². The summed E-state index contributed by atoms with van der Waals surface area (Å²) < 4.78 is 41.8. The van der Waals surface area contributed by atoms with Gasteiger partial charge in [-0.05, 0) is 24.3 Å². The first-order valence-corrected chi connectivity index (χ1v) is 5.18. The summed E-state index contributed by atoms with van der Waals surface area (Å²) in [4.78, 5) is 12.6. The van der Waals surface area contributed by atoms with Crippen LogP contribution in [-0.4, -0.2) is 30.5 Å². The Morgan fingerprint density at radius 1 is 1.33 bits per heavy atom. The van der Waals surface area contributed by atoms with Gasteiger partial charge in [0.2, 0.25) is 0 Å². The molecule has 18 heavy (non-hydrogen) atoms. The van der Waals surface area contributed by atoms with E-state index in [1.54, 1.807) is 0 Å². The molecule has 0 bridgehead atoms. The SMILES string of the molecule is O=C1O[C@@H](CO)CN1c1ccc(C(F)(F)F)cc1. The first-order valence-electron chi connectivity index (χ1n) is 5.18. The molecule has 0 spiro atoms. The van der Waals surface area contributed by atoms with E-state index in [9.17, 15) is 18.0 Å². The summed E-state index contributed by atoms with van der Waals surface area (Å²) in [5.74, 6) is 0. The summed E-state index contributed by atoms with van der Waals surface area (Å²) in [6.07, 6.45) is -5.72. The van der Waals surface area contributed by atoms with Crippen LogP contribution in [0.5, 0.6) is 0 Å². The van der Waals surface area contributed by atoms with Crippen molar-refractivity contribution >= 4 is 11.8 Å². The van der Waals surface area contributed by atoms with E-state index in [0.717, 1.165) is 12.1 Å². The minimum atomic E-state index is -4.41. The van der Waals surface area contributed by atoms with Crippen LogP contribution in [-0.2, 0) is 10.9 Å². The van der Waals surface area contributed by atoms with Gasteiger partial charge in [-0.25, -0.2) is 4.79 Å². The molecule has 2 rings (SSSR count). The van der Waals surface area contributed by atoms with Crippen LogP contribution in [0.4, 0.5) is 23.7 Å². The van der Waals surface area contributed by atoms with Gasteiger partial charge in [-0.1, -0.05) is 0 Å². The first kappa shape index (κ1) is 12.7. The molecular weight excluding hydrogens is 251 g/mol. The monoisotopic (exact) mass is 261 g/mol. The van der Waals surface area contributed by atoms with E-state index >= 15 is 0 Å². The Labute approximate surface area is 101 Å². The fourth-order valence-electron chi connectivity index (χ4n) is 1.66. The van der Waals surface area contributed by atoms with Gasteiger partial charge in [0.1, 0.15) is 6.10 Å². The highest BCUT2D eigenvalue weighted by atomic mass is 19.4. The van der Waals surface area contributed by atoms with Crippen molar-refractivity contribution in [3.63, 3.8) is 0 Å². The van der Waals surface area contributed by atoms with Gasteiger partial charge in [0.25, 0.3) is 0 Å². The standard InChI is InChI=1S/C11H10F3NO3/c12-11(13,14)7-1-3-8(4-2-7)15-5-9(6-16)18-10(15)17/h1-4,9,16H,5-6H2/t9-/m1/s1. The number of nitrogens with zero attached hydrogens (tertiary/aromatic N) is 1. The highest BCUT2D eigenvalue weighted by Gasteiger charge is 2.33. The van der Waals surface area contributed by atoms with Crippen LogP contribution in [0.2, 0.25) is 0 Å². The number of halogens is 3. The number of benzene rings is 1. The summed E-state index contributed by atoms with van der Waals surface area (Å²) in [6.45, 7) is -0.191. The zero-order valence-corrected chi connectivity index (χ0v) is 9.15. The van der Waals surface area contributed by atoms with Crippen LogP contribution in [0.3, 0.4) is 0 Å². The van der Waals surface area contributed by atoms with Crippen LogP contribution in [0.1, 0.15) is 5.56 Å².